The van der Waals surface area contributed by atoms with E-state index in [2.05, 4.69) is 23.3 Å². The van der Waals surface area contributed by atoms with Crippen LogP contribution in [0.5, 0.6) is 0 Å². The Labute approximate surface area is 96.3 Å². The van der Waals surface area contributed by atoms with E-state index >= 15 is 0 Å². The molecule has 3 unspecified atom stereocenters. The largest absolute Gasteiger partial charge is 0.374 e. The monoisotopic (exact) mass is 218 g/mol. The zero-order chi connectivity index (χ0) is 11.5. The highest BCUT2D eigenvalue weighted by molar-refractivity contribution is 5.75. The van der Waals surface area contributed by atoms with Crippen LogP contribution in [0, 0.1) is 5.92 Å². The van der Waals surface area contributed by atoms with Crippen LogP contribution in [0.2, 0.25) is 0 Å². The average Bonchev–Trinajstić information content (AvgIpc) is 2.30. The van der Waals surface area contributed by atoms with Crippen molar-refractivity contribution in [3.63, 3.8) is 0 Å². The number of fused-ring (bicyclic) bond motifs is 1. The summed E-state index contributed by atoms with van der Waals surface area (Å²) in [6, 6.07) is 0.165. The highest BCUT2D eigenvalue weighted by Crippen LogP contribution is 2.30. The van der Waals surface area contributed by atoms with Crippen molar-refractivity contribution in [1.82, 2.24) is 5.32 Å². The molecule has 1 aliphatic carbocycles. The van der Waals surface area contributed by atoms with E-state index in [0.717, 1.165) is 17.7 Å². The molecule has 0 aromatic rings. The van der Waals surface area contributed by atoms with Crippen molar-refractivity contribution in [2.45, 2.75) is 26.1 Å². The van der Waals surface area contributed by atoms with Crippen LogP contribution in [-0.2, 0) is 0 Å². The molecule has 1 heterocycles. The molecule has 0 spiro atoms. The van der Waals surface area contributed by atoms with Crippen molar-refractivity contribution in [1.29, 1.82) is 0 Å². The first-order valence-corrected chi connectivity index (χ1v) is 5.77. The maximum atomic E-state index is 9.99. The van der Waals surface area contributed by atoms with E-state index in [0.29, 0.717) is 5.92 Å². The Kier molecular flexibility index (Phi) is 3.36. The summed E-state index contributed by atoms with van der Waals surface area (Å²) in [5.41, 5.74) is 2.07. The zero-order valence-corrected chi connectivity index (χ0v) is 9.72. The van der Waals surface area contributed by atoms with E-state index < -0.39 is 6.23 Å². The van der Waals surface area contributed by atoms with E-state index in [1.165, 1.54) is 0 Å². The van der Waals surface area contributed by atoms with E-state index in [1.54, 1.807) is 0 Å². The van der Waals surface area contributed by atoms with Gasteiger partial charge in [-0.15, -0.1) is 0 Å². The normalized spacial score (nSPS) is 29.4. The van der Waals surface area contributed by atoms with Crippen LogP contribution in [0.15, 0.2) is 40.4 Å². The van der Waals surface area contributed by atoms with Crippen LogP contribution in [0.1, 0.15) is 13.8 Å². The Bertz CT molecular complexity index is 379. The molecule has 0 saturated heterocycles. The van der Waals surface area contributed by atoms with Gasteiger partial charge in [0, 0.05) is 17.7 Å². The summed E-state index contributed by atoms with van der Waals surface area (Å²) >= 11 is 0. The zero-order valence-electron chi connectivity index (χ0n) is 9.72. The van der Waals surface area contributed by atoms with Gasteiger partial charge in [0.25, 0.3) is 0 Å². The molecule has 3 atom stereocenters. The van der Waals surface area contributed by atoms with Crippen molar-refractivity contribution < 1.29 is 5.11 Å². The van der Waals surface area contributed by atoms with Crippen molar-refractivity contribution in [3.05, 3.63) is 35.5 Å². The van der Waals surface area contributed by atoms with Crippen molar-refractivity contribution in [3.8, 4) is 0 Å². The lowest BCUT2D eigenvalue weighted by Gasteiger charge is -2.29. The van der Waals surface area contributed by atoms with Crippen molar-refractivity contribution in [2.24, 2.45) is 10.9 Å². The minimum atomic E-state index is -0.593. The number of hydrogen-bond acceptors (Lipinski definition) is 3. The summed E-state index contributed by atoms with van der Waals surface area (Å²) in [7, 11) is 0. The molecule has 16 heavy (non-hydrogen) atoms. The molecule has 86 valence electrons. The number of nitrogens with zero attached hydrogens (tertiary/aromatic N) is 1. The van der Waals surface area contributed by atoms with Crippen molar-refractivity contribution >= 4 is 6.21 Å². The quantitative estimate of drug-likeness (QED) is 0.704. The molecular weight excluding hydrogens is 200 g/mol. The first-order chi connectivity index (χ1) is 7.74. The molecule has 3 heteroatoms. The molecule has 3 nitrogen and oxygen atoms in total. The molecule has 2 rings (SSSR count). The maximum absolute atomic E-state index is 9.99. The van der Waals surface area contributed by atoms with Gasteiger partial charge in [-0.05, 0) is 18.2 Å². The molecule has 0 radical (unpaired) electrons. The van der Waals surface area contributed by atoms with Crippen LogP contribution >= 0.6 is 0 Å². The number of dihydropyridines is 1. The fourth-order valence-electron chi connectivity index (χ4n) is 2.16. The maximum Gasteiger partial charge on any atom is 0.131 e. The summed E-state index contributed by atoms with van der Waals surface area (Å²) in [6.45, 7) is 4.88. The summed E-state index contributed by atoms with van der Waals surface area (Å²) < 4.78 is 0. The minimum absolute atomic E-state index is 0.165. The van der Waals surface area contributed by atoms with E-state index in [9.17, 15) is 5.11 Å². The predicted molar refractivity (Wildman–Crippen MR) is 66.4 cm³/mol. The number of likely N-dealkylation sites (N-methyl/N-ethyl adjacent to an activating group) is 1. The SMILES string of the molecule is CCNC(O)C1=C2C=CC=NC2C(C)C=C1. The lowest BCUT2D eigenvalue weighted by molar-refractivity contribution is 0.177. The van der Waals surface area contributed by atoms with Crippen LogP contribution in [0.3, 0.4) is 0 Å². The topological polar surface area (TPSA) is 44.6 Å². The fraction of sp³-hybridized carbons (Fsp3) is 0.462. The van der Waals surface area contributed by atoms with Crippen LogP contribution in [-0.4, -0.2) is 30.1 Å². The summed E-state index contributed by atoms with van der Waals surface area (Å²) in [6.07, 6.45) is 9.34. The predicted octanol–water partition coefficient (Wildman–Crippen LogP) is 1.43. The second-order valence-corrected chi connectivity index (χ2v) is 4.19. The van der Waals surface area contributed by atoms with Crippen molar-refractivity contribution in [2.75, 3.05) is 6.54 Å². The standard InChI is InChI=1S/C13H18N2O/c1-3-14-13(16)11-7-6-9(2)12-10(11)5-4-8-15-12/h4-9,12-14,16H,3H2,1-2H3. The molecule has 1 aliphatic heterocycles. The highest BCUT2D eigenvalue weighted by atomic mass is 16.3. The third-order valence-electron chi connectivity index (χ3n) is 3.03. The Hall–Kier alpha value is -1.19. The van der Waals surface area contributed by atoms with Gasteiger partial charge in [0.1, 0.15) is 6.23 Å². The molecule has 0 aromatic heterocycles. The number of aliphatic hydroxyl groups is 1. The number of hydrogen-bond donors (Lipinski definition) is 2. The lowest BCUT2D eigenvalue weighted by Crippen LogP contribution is -2.34. The fourth-order valence-corrected chi connectivity index (χ4v) is 2.16. The average molecular weight is 218 g/mol. The van der Waals surface area contributed by atoms with E-state index in [1.807, 2.05) is 31.4 Å². The van der Waals surface area contributed by atoms with Gasteiger partial charge in [-0.1, -0.05) is 32.1 Å². The minimum Gasteiger partial charge on any atom is -0.374 e. The van der Waals surface area contributed by atoms with Gasteiger partial charge in [0.15, 0.2) is 0 Å². The van der Waals surface area contributed by atoms with Crippen LogP contribution in [0.25, 0.3) is 0 Å². The Morgan fingerprint density at radius 3 is 3.06 bits per heavy atom. The molecule has 0 aromatic carbocycles. The van der Waals surface area contributed by atoms with E-state index in [4.69, 9.17) is 0 Å². The number of allylic oxidation sites excluding steroid dienone is 1. The van der Waals surface area contributed by atoms with Crippen LogP contribution in [0.4, 0.5) is 0 Å². The first kappa shape index (κ1) is 11.3. The lowest BCUT2D eigenvalue weighted by atomic mass is 9.84. The molecule has 0 bridgehead atoms. The van der Waals surface area contributed by atoms with E-state index in [-0.39, 0.29) is 6.04 Å². The molecular formula is C13H18N2O. The van der Waals surface area contributed by atoms with Gasteiger partial charge in [-0.2, -0.15) is 0 Å². The number of aliphatic imine (C=N–C) groups is 1. The number of rotatable bonds is 3. The molecule has 0 saturated carbocycles. The number of aliphatic hydroxyl groups excluding tert-OH is 1. The molecule has 0 amide bonds. The highest BCUT2D eigenvalue weighted by Gasteiger charge is 2.26. The summed E-state index contributed by atoms with van der Waals surface area (Å²) in [5, 5.41) is 13.0. The Morgan fingerprint density at radius 1 is 1.50 bits per heavy atom. The number of nitrogens with one attached hydrogen (secondary N) is 1. The summed E-state index contributed by atoms with van der Waals surface area (Å²) in [4.78, 5) is 4.47. The Balaban J connectivity index is 2.32. The summed E-state index contributed by atoms with van der Waals surface area (Å²) in [5.74, 6) is 0.397. The first-order valence-electron chi connectivity index (χ1n) is 5.77. The van der Waals surface area contributed by atoms with Crippen LogP contribution < -0.4 is 5.32 Å². The van der Waals surface area contributed by atoms with Gasteiger partial charge < -0.3 is 5.11 Å². The van der Waals surface area contributed by atoms with Gasteiger partial charge in [0.05, 0.1) is 6.04 Å². The third-order valence-corrected chi connectivity index (χ3v) is 3.03. The Morgan fingerprint density at radius 2 is 2.31 bits per heavy atom. The van der Waals surface area contributed by atoms with Gasteiger partial charge in [-0.3, -0.25) is 10.3 Å². The van der Waals surface area contributed by atoms with Gasteiger partial charge >= 0.3 is 0 Å². The molecule has 2 aliphatic rings. The smallest absolute Gasteiger partial charge is 0.131 e. The molecule has 0 fully saturated rings. The van der Waals surface area contributed by atoms with Gasteiger partial charge in [-0.25, -0.2) is 0 Å². The third kappa shape index (κ3) is 2.01. The second-order valence-electron chi connectivity index (χ2n) is 4.19. The molecule has 2 N–H and O–H groups in total. The van der Waals surface area contributed by atoms with Gasteiger partial charge in [0.2, 0.25) is 0 Å². The second kappa shape index (κ2) is 4.76.